The zero-order valence-corrected chi connectivity index (χ0v) is 20.8. The van der Waals surface area contributed by atoms with Gasteiger partial charge >= 0.3 is 0 Å². The third kappa shape index (κ3) is 7.29. The molecule has 3 rings (SSSR count). The molecule has 0 fully saturated rings. The van der Waals surface area contributed by atoms with Crippen LogP contribution >= 0.6 is 11.6 Å². The average Bonchev–Trinajstić information content (AvgIpc) is 2.82. The Morgan fingerprint density at radius 3 is 2.49 bits per heavy atom. The fourth-order valence-electron chi connectivity index (χ4n) is 3.23. The van der Waals surface area contributed by atoms with E-state index in [-0.39, 0.29) is 27.8 Å². The molecule has 0 saturated carbocycles. The monoisotopic (exact) mass is 515 g/mol. The topological polar surface area (TPSA) is 117 Å². The van der Waals surface area contributed by atoms with Gasteiger partial charge in [-0.3, -0.25) is 4.79 Å². The predicted octanol–water partition coefficient (Wildman–Crippen LogP) is 4.31. The van der Waals surface area contributed by atoms with Crippen molar-refractivity contribution < 1.29 is 23.1 Å². The van der Waals surface area contributed by atoms with E-state index in [2.05, 4.69) is 15.2 Å². The van der Waals surface area contributed by atoms with Crippen molar-refractivity contribution in [1.82, 2.24) is 10.1 Å². The van der Waals surface area contributed by atoms with Crippen LogP contribution in [-0.4, -0.2) is 32.3 Å². The van der Waals surface area contributed by atoms with Gasteiger partial charge in [-0.15, -0.1) is 0 Å². The number of phenols is 1. The molecular formula is C25H26ClN3O5S. The number of rotatable bonds is 10. The number of carbonyl (C=O) groups is 1. The first-order valence-electron chi connectivity index (χ1n) is 10.8. The Balaban J connectivity index is 1.74. The Bertz CT molecular complexity index is 1300. The number of nitrogens with one attached hydrogen (secondary N) is 2. The highest BCUT2D eigenvalue weighted by molar-refractivity contribution is 7.89. The normalized spacial score (nSPS) is 12.4. The number of hydrogen-bond donors (Lipinski definition) is 3. The number of amides is 1. The summed E-state index contributed by atoms with van der Waals surface area (Å²) < 4.78 is 33.8. The number of sulfonamides is 1. The minimum Gasteiger partial charge on any atom is -0.503 e. The number of nitrogens with zero attached hydrogens (tertiary/aromatic N) is 1. The van der Waals surface area contributed by atoms with Crippen molar-refractivity contribution >= 4 is 33.7 Å². The van der Waals surface area contributed by atoms with Gasteiger partial charge in [0.25, 0.3) is 0 Å². The van der Waals surface area contributed by atoms with Gasteiger partial charge in [0.2, 0.25) is 15.9 Å². The number of hydrogen-bond acceptors (Lipinski definition) is 6. The summed E-state index contributed by atoms with van der Waals surface area (Å²) in [5.74, 6) is -0.486. The number of hydrazone groups is 1. The van der Waals surface area contributed by atoms with Gasteiger partial charge in [-0.05, 0) is 49.2 Å². The van der Waals surface area contributed by atoms with Gasteiger partial charge in [0.1, 0.15) is 0 Å². The van der Waals surface area contributed by atoms with Crippen molar-refractivity contribution in [2.45, 2.75) is 31.2 Å². The van der Waals surface area contributed by atoms with E-state index in [0.29, 0.717) is 17.7 Å². The molecule has 35 heavy (non-hydrogen) atoms. The Morgan fingerprint density at radius 1 is 1.14 bits per heavy atom. The molecule has 184 valence electrons. The number of aryl methyl sites for hydroxylation is 1. The van der Waals surface area contributed by atoms with Crippen LogP contribution < -0.4 is 14.9 Å². The zero-order valence-electron chi connectivity index (χ0n) is 19.2. The first-order chi connectivity index (χ1) is 16.7. The number of carbonyl (C=O) groups excluding carboxylic acids is 1. The molecule has 0 unspecified atom stereocenters. The van der Waals surface area contributed by atoms with E-state index in [9.17, 15) is 18.3 Å². The lowest BCUT2D eigenvalue weighted by Crippen LogP contribution is -2.32. The van der Waals surface area contributed by atoms with Gasteiger partial charge < -0.3 is 9.84 Å². The maximum atomic E-state index is 12.9. The van der Waals surface area contributed by atoms with E-state index in [1.165, 1.54) is 30.5 Å². The molecular weight excluding hydrogens is 490 g/mol. The van der Waals surface area contributed by atoms with E-state index in [1.807, 2.05) is 6.92 Å². The number of phenolic OH excluding ortho intramolecular Hbond substituents is 1. The summed E-state index contributed by atoms with van der Waals surface area (Å²) >= 11 is 6.01. The summed E-state index contributed by atoms with van der Waals surface area (Å²) in [5.41, 5.74) is 4.46. The quantitative estimate of drug-likeness (QED) is 0.275. The third-order valence-electron chi connectivity index (χ3n) is 4.97. The highest BCUT2D eigenvalue weighted by atomic mass is 35.5. The average molecular weight is 516 g/mol. The van der Waals surface area contributed by atoms with Gasteiger partial charge in [0.05, 0.1) is 28.8 Å². The second-order valence-corrected chi connectivity index (χ2v) is 9.80. The highest BCUT2D eigenvalue weighted by Gasteiger charge is 2.23. The first kappa shape index (κ1) is 26.2. The fraction of sp³-hybridized carbons (Fsp3) is 0.200. The van der Waals surface area contributed by atoms with Gasteiger partial charge in [0.15, 0.2) is 11.5 Å². The van der Waals surface area contributed by atoms with Crippen LogP contribution in [0, 0.1) is 6.92 Å². The van der Waals surface area contributed by atoms with Crippen molar-refractivity contribution in [2.24, 2.45) is 5.10 Å². The molecule has 0 aromatic heterocycles. The number of benzene rings is 3. The maximum absolute atomic E-state index is 12.9. The largest absolute Gasteiger partial charge is 0.503 e. The number of ether oxygens (including phenoxy) is 1. The molecule has 0 bridgehead atoms. The van der Waals surface area contributed by atoms with Crippen LogP contribution in [0.25, 0.3) is 0 Å². The molecule has 8 nitrogen and oxygen atoms in total. The second-order valence-electron chi connectivity index (χ2n) is 7.68. The molecule has 1 amide bonds. The molecule has 3 aromatic carbocycles. The van der Waals surface area contributed by atoms with Crippen molar-refractivity contribution in [2.75, 3.05) is 6.61 Å². The van der Waals surface area contributed by atoms with Crippen molar-refractivity contribution in [3.8, 4) is 11.5 Å². The Kier molecular flexibility index (Phi) is 8.86. The van der Waals surface area contributed by atoms with E-state index in [1.54, 1.807) is 49.4 Å². The van der Waals surface area contributed by atoms with Gasteiger partial charge in [-0.1, -0.05) is 59.6 Å². The molecule has 0 aliphatic rings. The van der Waals surface area contributed by atoms with Crippen molar-refractivity contribution in [1.29, 1.82) is 0 Å². The Morgan fingerprint density at radius 2 is 1.83 bits per heavy atom. The van der Waals surface area contributed by atoms with E-state index in [4.69, 9.17) is 16.3 Å². The summed E-state index contributed by atoms with van der Waals surface area (Å²) in [6.45, 7) is 3.97. The van der Waals surface area contributed by atoms with E-state index >= 15 is 0 Å². The summed E-state index contributed by atoms with van der Waals surface area (Å²) in [6, 6.07) is 17.5. The lowest BCUT2D eigenvalue weighted by molar-refractivity contribution is -0.121. The van der Waals surface area contributed by atoms with Gasteiger partial charge in [-0.25, -0.2) is 18.6 Å². The minimum atomic E-state index is -3.87. The smallest absolute Gasteiger partial charge is 0.242 e. The van der Waals surface area contributed by atoms with Gasteiger partial charge in [0, 0.05) is 6.42 Å². The van der Waals surface area contributed by atoms with Crippen LogP contribution in [-0.2, 0) is 14.8 Å². The van der Waals surface area contributed by atoms with Crippen LogP contribution in [0.15, 0.2) is 76.7 Å². The van der Waals surface area contributed by atoms with Crippen LogP contribution in [0.3, 0.4) is 0 Å². The Labute approximate surface area is 209 Å². The molecule has 0 aliphatic heterocycles. The standard InChI is InChI=1S/C25H26ClN3O5S/c1-3-34-23-14-18(13-21(26)25(23)31)16-27-28-24(30)15-22(19-7-5-4-6-8-19)29-35(32,33)20-11-9-17(2)10-12-20/h4-14,16,22,29,31H,3,15H2,1-2H3,(H,28,30)/b27-16-/t22-/m0/s1. The second kappa shape index (κ2) is 11.8. The Hall–Kier alpha value is -3.40. The molecule has 10 heteroatoms. The molecule has 3 N–H and O–H groups in total. The molecule has 3 aromatic rings. The van der Waals surface area contributed by atoms with Gasteiger partial charge in [-0.2, -0.15) is 5.10 Å². The minimum absolute atomic E-state index is 0.0818. The third-order valence-corrected chi connectivity index (χ3v) is 6.75. The molecule has 0 radical (unpaired) electrons. The number of aromatic hydroxyl groups is 1. The van der Waals surface area contributed by atoms with Crippen LogP contribution in [0.5, 0.6) is 11.5 Å². The predicted molar refractivity (Wildman–Crippen MR) is 135 cm³/mol. The molecule has 1 atom stereocenters. The van der Waals surface area contributed by atoms with E-state index in [0.717, 1.165) is 5.56 Å². The molecule has 0 aliphatic carbocycles. The highest BCUT2D eigenvalue weighted by Crippen LogP contribution is 2.34. The maximum Gasteiger partial charge on any atom is 0.242 e. The lowest BCUT2D eigenvalue weighted by atomic mass is 10.0. The summed E-state index contributed by atoms with van der Waals surface area (Å²) in [4.78, 5) is 12.7. The van der Waals surface area contributed by atoms with E-state index < -0.39 is 22.0 Å². The summed E-state index contributed by atoms with van der Waals surface area (Å²) in [5, 5.41) is 13.9. The number of halogens is 1. The summed E-state index contributed by atoms with van der Waals surface area (Å²) in [7, 11) is -3.87. The summed E-state index contributed by atoms with van der Waals surface area (Å²) in [6.07, 6.45) is 1.16. The molecule has 0 heterocycles. The van der Waals surface area contributed by atoms with Crippen molar-refractivity contribution in [3.63, 3.8) is 0 Å². The van der Waals surface area contributed by atoms with Crippen LogP contribution in [0.1, 0.15) is 36.1 Å². The first-order valence-corrected chi connectivity index (χ1v) is 12.7. The van der Waals surface area contributed by atoms with Crippen molar-refractivity contribution in [3.05, 3.63) is 88.4 Å². The molecule has 0 saturated heterocycles. The molecule has 0 spiro atoms. The zero-order chi connectivity index (χ0) is 25.4. The SMILES string of the molecule is CCOc1cc(/C=N\NC(=O)C[C@H](NS(=O)(=O)c2ccc(C)cc2)c2ccccc2)cc(Cl)c1O. The fourth-order valence-corrected chi connectivity index (χ4v) is 4.67. The van der Waals surface area contributed by atoms with Crippen LogP contribution in [0.2, 0.25) is 5.02 Å². The van der Waals surface area contributed by atoms with Crippen LogP contribution in [0.4, 0.5) is 0 Å². The lowest BCUT2D eigenvalue weighted by Gasteiger charge is -2.18.